The maximum absolute atomic E-state index is 13.2. The molecule has 2 aliphatic heterocycles. The van der Waals surface area contributed by atoms with Gasteiger partial charge >= 0.3 is 6.03 Å². The molecule has 0 saturated carbocycles. The Bertz CT molecular complexity index is 1100. The van der Waals surface area contributed by atoms with Crippen LogP contribution in [0.3, 0.4) is 0 Å². The van der Waals surface area contributed by atoms with E-state index in [1.54, 1.807) is 29.6 Å². The summed E-state index contributed by atoms with van der Waals surface area (Å²) in [6.45, 7) is 1.74. The van der Waals surface area contributed by atoms with Gasteiger partial charge in [0.1, 0.15) is 12.1 Å². The van der Waals surface area contributed by atoms with Crippen LogP contribution < -0.4 is 15.1 Å². The van der Waals surface area contributed by atoms with Crippen LogP contribution in [0.25, 0.3) is 11.3 Å². The van der Waals surface area contributed by atoms with Crippen molar-refractivity contribution < 1.29 is 4.79 Å². The Labute approximate surface area is 173 Å². The van der Waals surface area contributed by atoms with Gasteiger partial charge in [-0.05, 0) is 37.1 Å². The normalized spacial score (nSPS) is 17.3. The van der Waals surface area contributed by atoms with E-state index in [2.05, 4.69) is 25.2 Å². The maximum Gasteiger partial charge on any atom is 0.329 e. The summed E-state index contributed by atoms with van der Waals surface area (Å²) in [5.74, 6) is 1.09. The topological polar surface area (TPSA) is 111 Å². The number of pyridine rings is 2. The smallest absolute Gasteiger partial charge is 0.329 e. The van der Waals surface area contributed by atoms with Crippen LogP contribution in [0.4, 0.5) is 22.1 Å². The van der Waals surface area contributed by atoms with Crippen molar-refractivity contribution in [2.45, 2.75) is 18.9 Å². The lowest BCUT2D eigenvalue weighted by molar-refractivity contribution is 0.252. The number of aromatic nitrogens is 4. The van der Waals surface area contributed by atoms with Crippen molar-refractivity contribution in [2.75, 3.05) is 28.2 Å². The average molecular weight is 400 g/mol. The molecular formula is C21H20N8O. The lowest BCUT2D eigenvalue weighted by Crippen LogP contribution is -2.56. The molecule has 2 aliphatic rings. The molecule has 3 aromatic heterocycles. The molecule has 0 unspecified atom stereocenters. The van der Waals surface area contributed by atoms with Crippen molar-refractivity contribution in [3.05, 3.63) is 54.7 Å². The zero-order chi connectivity index (χ0) is 20.5. The summed E-state index contributed by atoms with van der Waals surface area (Å²) in [5, 5.41) is 10.3. The third-order valence-corrected chi connectivity index (χ3v) is 5.44. The molecule has 5 rings (SSSR count). The summed E-state index contributed by atoms with van der Waals surface area (Å²) in [5.41, 5.74) is 3.17. The molecule has 2 bridgehead atoms. The first kappa shape index (κ1) is 18.2. The summed E-state index contributed by atoms with van der Waals surface area (Å²) < 4.78 is 0. The molecule has 2 N–H and O–H groups in total. The molecule has 0 radical (unpaired) electrons. The molecule has 5 heterocycles. The lowest BCUT2D eigenvalue weighted by atomic mass is 9.99. The Kier molecular flexibility index (Phi) is 4.55. The second-order valence-corrected chi connectivity index (χ2v) is 7.33. The van der Waals surface area contributed by atoms with Crippen LogP contribution in [-0.2, 0) is 0 Å². The number of urea groups is 1. The number of anilines is 3. The van der Waals surface area contributed by atoms with Crippen molar-refractivity contribution in [1.82, 2.24) is 19.9 Å². The van der Waals surface area contributed by atoms with Gasteiger partial charge < -0.3 is 10.3 Å². The number of nitrogens with one attached hydrogen (secondary N) is 2. The van der Waals surface area contributed by atoms with Crippen LogP contribution in [0, 0.1) is 5.41 Å². The van der Waals surface area contributed by atoms with E-state index in [-0.39, 0.29) is 12.1 Å². The number of piperidine rings is 1. The van der Waals surface area contributed by atoms with Crippen molar-refractivity contribution in [3.63, 3.8) is 0 Å². The molecule has 150 valence electrons. The summed E-state index contributed by atoms with van der Waals surface area (Å²) >= 11 is 0. The molecule has 0 aliphatic carbocycles. The monoisotopic (exact) mass is 400 g/mol. The standard InChI is InChI=1S/C21H20N8O/c22-9-14-8-15(11-24-10-14)17-3-4-18-20(26-17)29(16-2-1-7-28(18)12-16)21(30)27-19-5-6-23-13-25-19/h3-6,8-11,13,16,22H,1-2,7,12H2,(H,23,25,27,30)/t16-/m0/s1. The van der Waals surface area contributed by atoms with Gasteiger partial charge in [0.2, 0.25) is 0 Å². The van der Waals surface area contributed by atoms with Crippen LogP contribution in [0.5, 0.6) is 0 Å². The second kappa shape index (κ2) is 7.51. The fourth-order valence-electron chi connectivity index (χ4n) is 4.06. The van der Waals surface area contributed by atoms with Gasteiger partial charge in [0.05, 0.1) is 17.4 Å². The minimum atomic E-state index is -0.252. The number of fused-ring (bicyclic) bond motifs is 4. The molecule has 1 fully saturated rings. The number of hydrogen-bond acceptors (Lipinski definition) is 7. The molecule has 3 aromatic rings. The molecule has 2 amide bonds. The highest BCUT2D eigenvalue weighted by molar-refractivity contribution is 6.04. The third kappa shape index (κ3) is 3.24. The SMILES string of the molecule is N=Cc1cncc(-c2ccc3c(n2)N(C(=O)Nc2ccncn2)[C@H]2CCCN3C2)c1. The van der Waals surface area contributed by atoms with E-state index < -0.39 is 0 Å². The molecule has 30 heavy (non-hydrogen) atoms. The molecule has 1 saturated heterocycles. The number of nitrogens with zero attached hydrogens (tertiary/aromatic N) is 6. The quantitative estimate of drug-likeness (QED) is 0.654. The lowest BCUT2D eigenvalue weighted by Gasteiger charge is -2.45. The van der Waals surface area contributed by atoms with Gasteiger partial charge in [0, 0.05) is 49.0 Å². The van der Waals surface area contributed by atoms with Crippen molar-refractivity contribution >= 4 is 29.6 Å². The first-order valence-corrected chi connectivity index (χ1v) is 9.81. The van der Waals surface area contributed by atoms with Crippen LogP contribution in [-0.4, -0.2) is 51.3 Å². The zero-order valence-electron chi connectivity index (χ0n) is 16.2. The number of hydrogen-bond donors (Lipinski definition) is 2. The molecule has 9 nitrogen and oxygen atoms in total. The van der Waals surface area contributed by atoms with Crippen LogP contribution in [0.2, 0.25) is 0 Å². The highest BCUT2D eigenvalue weighted by Gasteiger charge is 2.38. The van der Waals surface area contributed by atoms with Gasteiger partial charge in [-0.2, -0.15) is 0 Å². The van der Waals surface area contributed by atoms with E-state index in [4.69, 9.17) is 10.4 Å². The summed E-state index contributed by atoms with van der Waals surface area (Å²) in [6, 6.07) is 7.28. The van der Waals surface area contributed by atoms with E-state index in [9.17, 15) is 4.79 Å². The van der Waals surface area contributed by atoms with E-state index in [0.717, 1.165) is 37.2 Å². The number of amides is 2. The van der Waals surface area contributed by atoms with Gasteiger partial charge in [-0.1, -0.05) is 0 Å². The molecule has 0 aromatic carbocycles. The van der Waals surface area contributed by atoms with Gasteiger partial charge in [-0.3, -0.25) is 15.2 Å². The minimum absolute atomic E-state index is 0.0434. The number of rotatable bonds is 3. The minimum Gasteiger partial charge on any atom is -0.366 e. The average Bonchev–Trinajstić information content (AvgIpc) is 2.80. The highest BCUT2D eigenvalue weighted by atomic mass is 16.2. The van der Waals surface area contributed by atoms with E-state index in [1.165, 1.54) is 12.5 Å². The summed E-state index contributed by atoms with van der Waals surface area (Å²) in [4.78, 5) is 34.3. The Hall–Kier alpha value is -3.88. The van der Waals surface area contributed by atoms with Crippen LogP contribution in [0.15, 0.2) is 49.2 Å². The molecule has 0 spiro atoms. The van der Waals surface area contributed by atoms with E-state index in [0.29, 0.717) is 22.9 Å². The second-order valence-electron chi connectivity index (χ2n) is 7.33. The third-order valence-electron chi connectivity index (χ3n) is 5.44. The largest absolute Gasteiger partial charge is 0.366 e. The van der Waals surface area contributed by atoms with E-state index >= 15 is 0 Å². The fourth-order valence-corrected chi connectivity index (χ4v) is 4.06. The van der Waals surface area contributed by atoms with Gasteiger partial charge in [-0.25, -0.2) is 19.7 Å². The van der Waals surface area contributed by atoms with E-state index in [1.807, 2.05) is 18.2 Å². The zero-order valence-corrected chi connectivity index (χ0v) is 16.2. The molecular weight excluding hydrogens is 380 g/mol. The number of carbonyl (C=O) groups excluding carboxylic acids is 1. The highest BCUT2D eigenvalue weighted by Crippen LogP contribution is 2.39. The van der Waals surface area contributed by atoms with Gasteiger partial charge in [-0.15, -0.1) is 0 Å². The summed E-state index contributed by atoms with van der Waals surface area (Å²) in [7, 11) is 0. The molecule has 1 atom stereocenters. The predicted molar refractivity (Wildman–Crippen MR) is 114 cm³/mol. The van der Waals surface area contributed by atoms with Crippen molar-refractivity contribution in [1.29, 1.82) is 5.41 Å². The molecule has 9 heteroatoms. The van der Waals surface area contributed by atoms with Crippen LogP contribution >= 0.6 is 0 Å². The van der Waals surface area contributed by atoms with Crippen LogP contribution in [0.1, 0.15) is 18.4 Å². The van der Waals surface area contributed by atoms with Crippen molar-refractivity contribution in [2.24, 2.45) is 0 Å². The fraction of sp³-hybridized carbons (Fsp3) is 0.238. The predicted octanol–water partition coefficient (Wildman–Crippen LogP) is 2.95. The maximum atomic E-state index is 13.2. The summed E-state index contributed by atoms with van der Waals surface area (Å²) in [6.07, 6.45) is 9.55. The Balaban J connectivity index is 1.56. The first-order chi connectivity index (χ1) is 14.7. The first-order valence-electron chi connectivity index (χ1n) is 9.81. The van der Waals surface area contributed by atoms with Gasteiger partial charge in [0.25, 0.3) is 0 Å². The Morgan fingerprint density at radius 1 is 1.23 bits per heavy atom. The Morgan fingerprint density at radius 2 is 2.17 bits per heavy atom. The Morgan fingerprint density at radius 3 is 3.00 bits per heavy atom. The van der Waals surface area contributed by atoms with Crippen molar-refractivity contribution in [3.8, 4) is 11.3 Å². The number of carbonyl (C=O) groups is 1. The van der Waals surface area contributed by atoms with Gasteiger partial charge in [0.15, 0.2) is 5.82 Å².